The number of carbonyl (C=O) groups excluding carboxylic acids is 2. The van der Waals surface area contributed by atoms with Crippen LogP contribution in [0.2, 0.25) is 0 Å². The van der Waals surface area contributed by atoms with Gasteiger partial charge in [0.15, 0.2) is 0 Å². The molecule has 0 saturated heterocycles. The van der Waals surface area contributed by atoms with Crippen LogP contribution in [-0.4, -0.2) is 30.2 Å². The number of nitrogens with zero attached hydrogens (tertiary/aromatic N) is 1. The van der Waals surface area contributed by atoms with Gasteiger partial charge in [-0.15, -0.1) is 0 Å². The number of esters is 1. The Morgan fingerprint density at radius 1 is 1.38 bits per heavy atom. The van der Waals surface area contributed by atoms with Gasteiger partial charge in [-0.3, -0.25) is 4.79 Å². The van der Waals surface area contributed by atoms with Crippen LogP contribution in [0.3, 0.4) is 0 Å². The fourth-order valence-electron chi connectivity index (χ4n) is 1.82. The molecule has 1 heterocycles. The predicted molar refractivity (Wildman–Crippen MR) is 73.5 cm³/mol. The highest BCUT2D eigenvalue weighted by Crippen LogP contribution is 2.16. The van der Waals surface area contributed by atoms with Gasteiger partial charge >= 0.3 is 5.97 Å². The van der Waals surface area contributed by atoms with Crippen LogP contribution in [0.4, 0.5) is 4.39 Å². The molecule has 1 aromatic carbocycles. The van der Waals surface area contributed by atoms with Gasteiger partial charge in [0.1, 0.15) is 11.5 Å². The maximum atomic E-state index is 12.8. The fraction of sp³-hybridized carbons (Fsp3) is 0.400. The molecular formula is C15H16FNO4. The molecule has 1 aliphatic rings. The minimum atomic E-state index is -0.874. The Bertz CT molecular complexity index is 553. The number of hydrogen-bond acceptors (Lipinski definition) is 5. The summed E-state index contributed by atoms with van der Waals surface area (Å²) in [6.07, 6.45) is 0.895. The molecule has 1 atom stereocenters. The Labute approximate surface area is 121 Å². The number of carbonyl (C=O) groups is 2. The van der Waals surface area contributed by atoms with Gasteiger partial charge in [-0.2, -0.15) is 0 Å². The quantitative estimate of drug-likeness (QED) is 0.459. The zero-order chi connectivity index (χ0) is 15.2. The van der Waals surface area contributed by atoms with E-state index in [1.54, 1.807) is 0 Å². The van der Waals surface area contributed by atoms with Crippen LogP contribution in [-0.2, 0) is 14.4 Å². The van der Waals surface area contributed by atoms with Crippen molar-refractivity contribution < 1.29 is 23.6 Å². The molecule has 5 nitrogen and oxygen atoms in total. The van der Waals surface area contributed by atoms with Crippen LogP contribution in [0.25, 0.3) is 0 Å². The van der Waals surface area contributed by atoms with Gasteiger partial charge in [0.05, 0.1) is 6.61 Å². The van der Waals surface area contributed by atoms with E-state index in [0.29, 0.717) is 12.2 Å². The molecule has 1 unspecified atom stereocenters. The van der Waals surface area contributed by atoms with Crippen molar-refractivity contribution in [1.29, 1.82) is 0 Å². The summed E-state index contributed by atoms with van der Waals surface area (Å²) in [6.45, 7) is 2.32. The number of rotatable bonds is 6. The average molecular weight is 293 g/mol. The first kappa shape index (κ1) is 15.2. The summed E-state index contributed by atoms with van der Waals surface area (Å²) in [4.78, 5) is 28.7. The van der Waals surface area contributed by atoms with Crippen LogP contribution in [0.1, 0.15) is 36.5 Å². The SMILES string of the molecule is CCCCOC(=O)C1CC(C(=O)c2ccc(F)cc2)=NO1. The Morgan fingerprint density at radius 2 is 2.10 bits per heavy atom. The van der Waals surface area contributed by atoms with Gasteiger partial charge < -0.3 is 9.57 Å². The maximum Gasteiger partial charge on any atom is 0.350 e. The number of ketones is 1. The van der Waals surface area contributed by atoms with Crippen molar-refractivity contribution in [2.45, 2.75) is 32.3 Å². The van der Waals surface area contributed by atoms with E-state index in [9.17, 15) is 14.0 Å². The average Bonchev–Trinajstić information content (AvgIpc) is 2.97. The van der Waals surface area contributed by atoms with E-state index >= 15 is 0 Å². The van der Waals surface area contributed by atoms with Crippen LogP contribution in [0.15, 0.2) is 29.4 Å². The molecule has 1 aliphatic heterocycles. The van der Waals surface area contributed by atoms with Crippen LogP contribution >= 0.6 is 0 Å². The molecule has 0 spiro atoms. The second-order valence-corrected chi connectivity index (χ2v) is 4.69. The largest absolute Gasteiger partial charge is 0.463 e. The Kier molecular flexibility index (Phi) is 5.03. The number of halogens is 1. The first-order valence-electron chi connectivity index (χ1n) is 6.81. The molecule has 2 rings (SSSR count). The van der Waals surface area contributed by atoms with E-state index in [4.69, 9.17) is 9.57 Å². The first-order valence-corrected chi connectivity index (χ1v) is 6.81. The molecule has 21 heavy (non-hydrogen) atoms. The molecule has 0 saturated carbocycles. The second kappa shape index (κ2) is 6.97. The predicted octanol–water partition coefficient (Wildman–Crippen LogP) is 2.50. The fourth-order valence-corrected chi connectivity index (χ4v) is 1.82. The Morgan fingerprint density at radius 3 is 2.76 bits per heavy atom. The summed E-state index contributed by atoms with van der Waals surface area (Å²) in [5, 5.41) is 3.64. The summed E-state index contributed by atoms with van der Waals surface area (Å²) in [6, 6.07) is 5.13. The van der Waals surface area contributed by atoms with Gasteiger partial charge in [-0.25, -0.2) is 9.18 Å². The highest BCUT2D eigenvalue weighted by Gasteiger charge is 2.33. The topological polar surface area (TPSA) is 65.0 Å². The minimum Gasteiger partial charge on any atom is -0.463 e. The van der Waals surface area contributed by atoms with Gasteiger partial charge in [0, 0.05) is 12.0 Å². The van der Waals surface area contributed by atoms with Crippen LogP contribution in [0, 0.1) is 5.82 Å². The van der Waals surface area contributed by atoms with E-state index < -0.39 is 17.9 Å². The van der Waals surface area contributed by atoms with E-state index in [0.717, 1.165) is 12.8 Å². The third-order valence-electron chi connectivity index (χ3n) is 3.04. The molecule has 6 heteroatoms. The molecule has 0 fully saturated rings. The summed E-state index contributed by atoms with van der Waals surface area (Å²) in [7, 11) is 0. The van der Waals surface area contributed by atoms with Gasteiger partial charge in [-0.05, 0) is 30.7 Å². The number of oxime groups is 1. The number of hydrogen-bond donors (Lipinski definition) is 0. The lowest BCUT2D eigenvalue weighted by atomic mass is 10.0. The Balaban J connectivity index is 1.91. The second-order valence-electron chi connectivity index (χ2n) is 4.69. The van der Waals surface area contributed by atoms with Crippen molar-refractivity contribution in [3.63, 3.8) is 0 Å². The van der Waals surface area contributed by atoms with Gasteiger partial charge in [-0.1, -0.05) is 18.5 Å². The highest BCUT2D eigenvalue weighted by molar-refractivity contribution is 6.46. The molecule has 0 aliphatic carbocycles. The van der Waals surface area contributed by atoms with Crippen molar-refractivity contribution >= 4 is 17.5 Å². The lowest BCUT2D eigenvalue weighted by Gasteiger charge is -2.07. The van der Waals surface area contributed by atoms with E-state index in [1.165, 1.54) is 24.3 Å². The summed E-state index contributed by atoms with van der Waals surface area (Å²) >= 11 is 0. The molecule has 112 valence electrons. The van der Waals surface area contributed by atoms with E-state index in [2.05, 4.69) is 5.16 Å². The highest BCUT2D eigenvalue weighted by atomic mass is 19.1. The number of unbranched alkanes of at least 4 members (excludes halogenated alkanes) is 1. The molecule has 0 bridgehead atoms. The number of benzene rings is 1. The third kappa shape index (κ3) is 3.87. The lowest BCUT2D eigenvalue weighted by Crippen LogP contribution is -2.25. The van der Waals surface area contributed by atoms with Crippen molar-refractivity contribution in [2.75, 3.05) is 6.61 Å². The smallest absolute Gasteiger partial charge is 0.350 e. The van der Waals surface area contributed by atoms with Crippen molar-refractivity contribution in [1.82, 2.24) is 0 Å². The normalized spacial score (nSPS) is 17.0. The zero-order valence-corrected chi connectivity index (χ0v) is 11.7. The first-order chi connectivity index (χ1) is 10.1. The molecular weight excluding hydrogens is 277 g/mol. The van der Waals surface area contributed by atoms with Crippen LogP contribution in [0.5, 0.6) is 0 Å². The van der Waals surface area contributed by atoms with E-state index in [1.807, 2.05) is 6.92 Å². The van der Waals surface area contributed by atoms with Gasteiger partial charge in [0.2, 0.25) is 11.9 Å². The summed E-state index contributed by atoms with van der Waals surface area (Å²) in [5.74, 6) is -1.32. The molecule has 1 aromatic rings. The number of Topliss-reactive ketones (excluding diaryl/α,β-unsaturated/α-hetero) is 1. The summed E-state index contributed by atoms with van der Waals surface area (Å²) in [5.41, 5.74) is 0.442. The standard InChI is InChI=1S/C15H16FNO4/c1-2-3-8-20-15(19)13-9-12(17-21-13)14(18)10-4-6-11(16)7-5-10/h4-7,13H,2-3,8-9H2,1H3. The minimum absolute atomic E-state index is 0.0706. The van der Waals surface area contributed by atoms with Crippen molar-refractivity contribution in [2.24, 2.45) is 5.16 Å². The van der Waals surface area contributed by atoms with E-state index in [-0.39, 0.29) is 17.9 Å². The third-order valence-corrected chi connectivity index (χ3v) is 3.04. The molecule has 0 amide bonds. The summed E-state index contributed by atoms with van der Waals surface area (Å²) < 4.78 is 17.8. The Hall–Kier alpha value is -2.24. The monoisotopic (exact) mass is 293 g/mol. The maximum absolute atomic E-state index is 12.8. The molecule has 0 N–H and O–H groups in total. The van der Waals surface area contributed by atoms with Crippen molar-refractivity contribution in [3.05, 3.63) is 35.6 Å². The lowest BCUT2D eigenvalue weighted by molar-refractivity contribution is -0.155. The van der Waals surface area contributed by atoms with Crippen molar-refractivity contribution in [3.8, 4) is 0 Å². The number of ether oxygens (including phenoxy) is 1. The molecule has 0 aromatic heterocycles. The van der Waals surface area contributed by atoms with Gasteiger partial charge in [0.25, 0.3) is 0 Å². The molecule has 0 radical (unpaired) electrons. The zero-order valence-electron chi connectivity index (χ0n) is 11.7. The van der Waals surface area contributed by atoms with Crippen LogP contribution < -0.4 is 0 Å².